The summed E-state index contributed by atoms with van der Waals surface area (Å²) < 4.78 is 5.08. The van der Waals surface area contributed by atoms with Crippen LogP contribution in [0.2, 0.25) is 0 Å². The summed E-state index contributed by atoms with van der Waals surface area (Å²) in [5, 5.41) is 9.48. The largest absolute Gasteiger partial charge is 0.504 e. The van der Waals surface area contributed by atoms with E-state index in [4.69, 9.17) is 4.74 Å². The van der Waals surface area contributed by atoms with Crippen molar-refractivity contribution in [1.29, 1.82) is 0 Å². The van der Waals surface area contributed by atoms with Gasteiger partial charge in [0.25, 0.3) is 0 Å². The van der Waals surface area contributed by atoms with E-state index in [9.17, 15) is 5.11 Å². The summed E-state index contributed by atoms with van der Waals surface area (Å²) >= 11 is 0. The number of ether oxygens (including phenoxy) is 1. The first kappa shape index (κ1) is 12.8. The van der Waals surface area contributed by atoms with Gasteiger partial charge in [0.15, 0.2) is 11.5 Å². The third kappa shape index (κ3) is 3.74. The van der Waals surface area contributed by atoms with Crippen molar-refractivity contribution in [3.05, 3.63) is 23.8 Å². The van der Waals surface area contributed by atoms with Crippen LogP contribution in [0.4, 0.5) is 0 Å². The topological polar surface area (TPSA) is 32.7 Å². The van der Waals surface area contributed by atoms with Gasteiger partial charge in [0, 0.05) is 13.1 Å². The SMILES string of the molecule is COc1cc(CN(C)CC(C)C)ccc1O. The maximum Gasteiger partial charge on any atom is 0.160 e. The van der Waals surface area contributed by atoms with Crippen molar-refractivity contribution in [2.75, 3.05) is 20.7 Å². The van der Waals surface area contributed by atoms with Gasteiger partial charge < -0.3 is 14.7 Å². The van der Waals surface area contributed by atoms with E-state index in [0.717, 1.165) is 18.7 Å². The van der Waals surface area contributed by atoms with Gasteiger partial charge in [-0.1, -0.05) is 19.9 Å². The van der Waals surface area contributed by atoms with E-state index < -0.39 is 0 Å². The number of hydrogen-bond acceptors (Lipinski definition) is 3. The second kappa shape index (κ2) is 5.75. The minimum atomic E-state index is 0.192. The molecule has 0 aliphatic heterocycles. The van der Waals surface area contributed by atoms with Gasteiger partial charge in [-0.05, 0) is 30.7 Å². The summed E-state index contributed by atoms with van der Waals surface area (Å²) in [6, 6.07) is 5.48. The lowest BCUT2D eigenvalue weighted by Gasteiger charge is -2.19. The lowest BCUT2D eigenvalue weighted by Crippen LogP contribution is -2.22. The van der Waals surface area contributed by atoms with Crippen molar-refractivity contribution in [3.8, 4) is 11.5 Å². The molecule has 90 valence electrons. The maximum atomic E-state index is 9.48. The number of benzene rings is 1. The highest BCUT2D eigenvalue weighted by atomic mass is 16.5. The minimum Gasteiger partial charge on any atom is -0.504 e. The Hall–Kier alpha value is -1.22. The van der Waals surface area contributed by atoms with Crippen LogP contribution in [0.25, 0.3) is 0 Å². The van der Waals surface area contributed by atoms with E-state index in [1.165, 1.54) is 0 Å². The first-order valence-electron chi connectivity index (χ1n) is 5.57. The maximum absolute atomic E-state index is 9.48. The molecule has 0 fully saturated rings. The van der Waals surface area contributed by atoms with Gasteiger partial charge in [-0.15, -0.1) is 0 Å². The van der Waals surface area contributed by atoms with Crippen LogP contribution in [-0.2, 0) is 6.54 Å². The van der Waals surface area contributed by atoms with Gasteiger partial charge >= 0.3 is 0 Å². The second-order valence-corrected chi connectivity index (χ2v) is 4.60. The Morgan fingerprint density at radius 2 is 2.06 bits per heavy atom. The highest BCUT2D eigenvalue weighted by Gasteiger charge is 2.06. The predicted molar refractivity (Wildman–Crippen MR) is 65.8 cm³/mol. The molecule has 0 amide bonds. The molecule has 0 aliphatic carbocycles. The molecule has 0 aromatic heterocycles. The van der Waals surface area contributed by atoms with Crippen LogP contribution in [0.3, 0.4) is 0 Å². The van der Waals surface area contributed by atoms with Crippen LogP contribution in [0, 0.1) is 5.92 Å². The van der Waals surface area contributed by atoms with E-state index in [2.05, 4.69) is 25.8 Å². The Morgan fingerprint density at radius 3 is 2.62 bits per heavy atom. The molecule has 1 aromatic rings. The molecule has 0 aliphatic rings. The van der Waals surface area contributed by atoms with Crippen molar-refractivity contribution in [2.45, 2.75) is 20.4 Å². The number of phenols is 1. The Kier molecular flexibility index (Phi) is 4.62. The Bertz CT molecular complexity index is 337. The fraction of sp³-hybridized carbons (Fsp3) is 0.538. The molecule has 3 heteroatoms. The zero-order chi connectivity index (χ0) is 12.1. The van der Waals surface area contributed by atoms with Crippen molar-refractivity contribution < 1.29 is 9.84 Å². The zero-order valence-corrected chi connectivity index (χ0v) is 10.5. The molecule has 1 N–H and O–H groups in total. The summed E-state index contributed by atoms with van der Waals surface area (Å²) in [6.45, 7) is 6.33. The molecule has 0 unspecified atom stereocenters. The Morgan fingerprint density at radius 1 is 1.38 bits per heavy atom. The lowest BCUT2D eigenvalue weighted by atomic mass is 10.1. The summed E-state index contributed by atoms with van der Waals surface area (Å²) in [4.78, 5) is 2.26. The molecule has 0 atom stereocenters. The number of aromatic hydroxyl groups is 1. The summed E-state index contributed by atoms with van der Waals surface area (Å²) in [5.41, 5.74) is 1.15. The van der Waals surface area contributed by atoms with E-state index in [-0.39, 0.29) is 5.75 Å². The quantitative estimate of drug-likeness (QED) is 0.832. The van der Waals surface area contributed by atoms with Crippen LogP contribution in [0.1, 0.15) is 19.4 Å². The van der Waals surface area contributed by atoms with Gasteiger partial charge in [0.2, 0.25) is 0 Å². The van der Waals surface area contributed by atoms with Crippen LogP contribution in [0.15, 0.2) is 18.2 Å². The highest BCUT2D eigenvalue weighted by molar-refractivity contribution is 5.41. The molecule has 1 rings (SSSR count). The zero-order valence-electron chi connectivity index (χ0n) is 10.5. The van der Waals surface area contributed by atoms with E-state index >= 15 is 0 Å². The van der Waals surface area contributed by atoms with E-state index in [0.29, 0.717) is 11.7 Å². The third-order valence-electron chi connectivity index (χ3n) is 2.37. The molecular formula is C13H21NO2. The number of nitrogens with zero attached hydrogens (tertiary/aromatic N) is 1. The molecule has 0 heterocycles. The molecular weight excluding hydrogens is 202 g/mol. The highest BCUT2D eigenvalue weighted by Crippen LogP contribution is 2.26. The average Bonchev–Trinajstić information content (AvgIpc) is 2.19. The molecule has 0 radical (unpaired) electrons. The lowest BCUT2D eigenvalue weighted by molar-refractivity contribution is 0.287. The van der Waals surface area contributed by atoms with Crippen LogP contribution in [-0.4, -0.2) is 30.7 Å². The average molecular weight is 223 g/mol. The van der Waals surface area contributed by atoms with Crippen molar-refractivity contribution in [2.24, 2.45) is 5.92 Å². The van der Waals surface area contributed by atoms with Gasteiger partial charge in [0.1, 0.15) is 0 Å². The number of methoxy groups -OCH3 is 1. The van der Waals surface area contributed by atoms with E-state index in [1.807, 2.05) is 12.1 Å². The van der Waals surface area contributed by atoms with Crippen LogP contribution < -0.4 is 4.74 Å². The second-order valence-electron chi connectivity index (χ2n) is 4.60. The van der Waals surface area contributed by atoms with Crippen molar-refractivity contribution >= 4 is 0 Å². The fourth-order valence-corrected chi connectivity index (χ4v) is 1.82. The van der Waals surface area contributed by atoms with Crippen molar-refractivity contribution in [3.63, 3.8) is 0 Å². The minimum absolute atomic E-state index is 0.192. The fourth-order valence-electron chi connectivity index (χ4n) is 1.82. The molecule has 1 aromatic carbocycles. The monoisotopic (exact) mass is 223 g/mol. The van der Waals surface area contributed by atoms with Gasteiger partial charge in [-0.2, -0.15) is 0 Å². The van der Waals surface area contributed by atoms with Crippen LogP contribution in [0.5, 0.6) is 11.5 Å². The smallest absolute Gasteiger partial charge is 0.160 e. The van der Waals surface area contributed by atoms with Crippen molar-refractivity contribution in [1.82, 2.24) is 4.90 Å². The molecule has 0 spiro atoms. The summed E-state index contributed by atoms with van der Waals surface area (Å²) in [5.74, 6) is 1.39. The molecule has 3 nitrogen and oxygen atoms in total. The first-order chi connectivity index (χ1) is 7.52. The normalized spacial score (nSPS) is 11.1. The summed E-state index contributed by atoms with van der Waals surface area (Å²) in [6.07, 6.45) is 0. The van der Waals surface area contributed by atoms with Gasteiger partial charge in [-0.25, -0.2) is 0 Å². The van der Waals surface area contributed by atoms with Gasteiger partial charge in [0.05, 0.1) is 7.11 Å². The van der Waals surface area contributed by atoms with E-state index in [1.54, 1.807) is 13.2 Å². The number of phenolic OH excluding ortho intramolecular Hbond substituents is 1. The Labute approximate surface area is 97.7 Å². The number of rotatable bonds is 5. The molecule has 16 heavy (non-hydrogen) atoms. The third-order valence-corrected chi connectivity index (χ3v) is 2.37. The first-order valence-corrected chi connectivity index (χ1v) is 5.57. The van der Waals surface area contributed by atoms with Crippen LogP contribution >= 0.6 is 0 Å². The standard InChI is InChI=1S/C13H21NO2/c1-10(2)8-14(3)9-11-5-6-12(15)13(7-11)16-4/h5-7,10,15H,8-9H2,1-4H3. The summed E-state index contributed by atoms with van der Waals surface area (Å²) in [7, 11) is 3.66. The molecule has 0 bridgehead atoms. The molecule has 0 saturated carbocycles. The van der Waals surface area contributed by atoms with Gasteiger partial charge in [-0.3, -0.25) is 0 Å². The molecule has 0 saturated heterocycles. The Balaban J connectivity index is 2.67. The predicted octanol–water partition coefficient (Wildman–Crippen LogP) is 2.49. The number of hydrogen-bond donors (Lipinski definition) is 1.